The largest absolute Gasteiger partial charge is 0.342 e. The smallest absolute Gasteiger partial charge is 0.155 e. The number of benzene rings is 3. The monoisotopic (exact) mass is 373 g/mol. The molecule has 2 heterocycles. The van der Waals surface area contributed by atoms with Crippen molar-refractivity contribution in [3.8, 4) is 0 Å². The zero-order valence-electron chi connectivity index (χ0n) is 15.3. The van der Waals surface area contributed by atoms with Crippen LogP contribution in [0.25, 0.3) is 6.08 Å². The van der Waals surface area contributed by atoms with Gasteiger partial charge in [-0.3, -0.25) is 0 Å². The summed E-state index contributed by atoms with van der Waals surface area (Å²) in [5.41, 5.74) is 8.49. The normalized spacial score (nSPS) is 20.0. The van der Waals surface area contributed by atoms with Gasteiger partial charge >= 0.3 is 0 Å². The molecule has 0 amide bonds. The molecule has 0 bridgehead atoms. The van der Waals surface area contributed by atoms with Gasteiger partial charge in [-0.25, -0.2) is 0 Å². The molecule has 0 N–H and O–H groups in total. The number of fused-ring (bicyclic) bond motifs is 5. The minimum absolute atomic E-state index is 0.118. The Bertz CT molecular complexity index is 1050. The molecule has 134 valence electrons. The van der Waals surface area contributed by atoms with Crippen LogP contribution in [0.2, 0.25) is 5.02 Å². The molecule has 3 aromatic carbocycles. The van der Waals surface area contributed by atoms with Gasteiger partial charge < -0.3 is 9.64 Å². The van der Waals surface area contributed by atoms with E-state index in [-0.39, 0.29) is 12.3 Å². The highest BCUT2D eigenvalue weighted by molar-refractivity contribution is 6.30. The number of hydrogen-bond donors (Lipinski definition) is 0. The van der Waals surface area contributed by atoms with E-state index in [9.17, 15) is 0 Å². The van der Waals surface area contributed by atoms with Crippen molar-refractivity contribution in [2.24, 2.45) is 0 Å². The molecule has 0 saturated carbocycles. The molecule has 3 heteroatoms. The van der Waals surface area contributed by atoms with Crippen molar-refractivity contribution in [3.63, 3.8) is 0 Å². The van der Waals surface area contributed by atoms with E-state index in [2.05, 4.69) is 79.4 Å². The first-order chi connectivity index (χ1) is 13.1. The predicted molar refractivity (Wildman–Crippen MR) is 112 cm³/mol. The summed E-state index contributed by atoms with van der Waals surface area (Å²) >= 11 is 6.10. The zero-order chi connectivity index (χ0) is 18.5. The molecule has 2 nitrogen and oxygen atoms in total. The van der Waals surface area contributed by atoms with Crippen LogP contribution in [-0.2, 0) is 4.74 Å². The number of para-hydroxylation sites is 1. The number of halogens is 1. The van der Waals surface area contributed by atoms with Gasteiger partial charge in [0.2, 0.25) is 0 Å². The SMILES string of the molecule is Cc1cc2c(cc1C)N1c3ccccc3C=C[C@@H]1O[C@@H]2c1ccc(Cl)cc1. The van der Waals surface area contributed by atoms with E-state index in [1.165, 1.54) is 33.6 Å². The molecule has 0 unspecified atom stereocenters. The van der Waals surface area contributed by atoms with Crippen LogP contribution in [0.1, 0.15) is 33.9 Å². The van der Waals surface area contributed by atoms with Crippen LogP contribution in [-0.4, -0.2) is 6.23 Å². The molecule has 2 aliphatic rings. The summed E-state index contributed by atoms with van der Waals surface area (Å²) in [5.74, 6) is 0. The second-order valence-corrected chi connectivity index (χ2v) is 7.68. The van der Waals surface area contributed by atoms with E-state index in [4.69, 9.17) is 16.3 Å². The minimum Gasteiger partial charge on any atom is -0.342 e. The van der Waals surface area contributed by atoms with Gasteiger partial charge in [0, 0.05) is 10.6 Å². The predicted octanol–water partition coefficient (Wildman–Crippen LogP) is 6.57. The van der Waals surface area contributed by atoms with E-state index < -0.39 is 0 Å². The molecular weight excluding hydrogens is 354 g/mol. The maximum absolute atomic E-state index is 6.59. The summed E-state index contributed by atoms with van der Waals surface area (Å²) in [6.07, 6.45) is 4.05. The Labute approximate surface area is 164 Å². The van der Waals surface area contributed by atoms with Crippen molar-refractivity contribution in [3.05, 3.63) is 99.6 Å². The van der Waals surface area contributed by atoms with Crippen LogP contribution in [0.4, 0.5) is 11.4 Å². The average molecular weight is 374 g/mol. The van der Waals surface area contributed by atoms with Crippen LogP contribution in [0.3, 0.4) is 0 Å². The third-order valence-corrected chi connectivity index (χ3v) is 5.78. The topological polar surface area (TPSA) is 12.5 Å². The van der Waals surface area contributed by atoms with Crippen molar-refractivity contribution in [1.82, 2.24) is 0 Å². The molecule has 0 aliphatic carbocycles. The lowest BCUT2D eigenvalue weighted by atomic mass is 9.92. The Morgan fingerprint density at radius 2 is 1.63 bits per heavy atom. The number of anilines is 2. The molecule has 2 aliphatic heterocycles. The van der Waals surface area contributed by atoms with E-state index in [0.29, 0.717) is 0 Å². The van der Waals surface area contributed by atoms with Gasteiger partial charge in [-0.2, -0.15) is 0 Å². The third-order valence-electron chi connectivity index (χ3n) is 5.52. The van der Waals surface area contributed by atoms with Gasteiger partial charge in [-0.05, 0) is 66.4 Å². The van der Waals surface area contributed by atoms with Crippen molar-refractivity contribution in [2.75, 3.05) is 4.90 Å². The maximum Gasteiger partial charge on any atom is 0.155 e. The highest BCUT2D eigenvalue weighted by Gasteiger charge is 2.36. The number of hydrogen-bond acceptors (Lipinski definition) is 2. The fourth-order valence-corrected chi connectivity index (χ4v) is 4.11. The van der Waals surface area contributed by atoms with Crippen LogP contribution in [0.15, 0.2) is 66.7 Å². The minimum atomic E-state index is -0.129. The lowest BCUT2D eigenvalue weighted by Gasteiger charge is -2.43. The summed E-state index contributed by atoms with van der Waals surface area (Å²) < 4.78 is 6.59. The summed E-state index contributed by atoms with van der Waals surface area (Å²) in [4.78, 5) is 2.31. The second kappa shape index (κ2) is 6.26. The van der Waals surface area contributed by atoms with Crippen LogP contribution in [0.5, 0.6) is 0 Å². The average Bonchev–Trinajstić information content (AvgIpc) is 2.69. The highest BCUT2D eigenvalue weighted by atomic mass is 35.5. The fraction of sp³-hybridized carbons (Fsp3) is 0.167. The highest BCUT2D eigenvalue weighted by Crippen LogP contribution is 2.47. The zero-order valence-corrected chi connectivity index (χ0v) is 16.1. The number of nitrogens with zero attached hydrogens (tertiary/aromatic N) is 1. The first-order valence-electron chi connectivity index (χ1n) is 9.20. The second-order valence-electron chi connectivity index (χ2n) is 7.24. The Hall–Kier alpha value is -2.55. The molecule has 3 aromatic rings. The lowest BCUT2D eigenvalue weighted by Crippen LogP contribution is -2.40. The van der Waals surface area contributed by atoms with E-state index in [1.807, 2.05) is 12.1 Å². The summed E-state index contributed by atoms with van der Waals surface area (Å²) in [7, 11) is 0. The Balaban J connectivity index is 1.72. The van der Waals surface area contributed by atoms with Crippen LogP contribution < -0.4 is 4.90 Å². The first kappa shape index (κ1) is 16.6. The summed E-state index contributed by atoms with van der Waals surface area (Å²) in [6.45, 7) is 4.33. The summed E-state index contributed by atoms with van der Waals surface area (Å²) in [5, 5.41) is 0.739. The number of aryl methyl sites for hydroxylation is 2. The molecule has 2 atom stereocenters. The van der Waals surface area contributed by atoms with Gasteiger partial charge in [-0.1, -0.05) is 54.1 Å². The number of ether oxygens (including phenoxy) is 1. The molecular formula is C24H20ClNO. The third kappa shape index (κ3) is 2.68. The molecule has 0 aromatic heterocycles. The Morgan fingerprint density at radius 3 is 2.44 bits per heavy atom. The fourth-order valence-electron chi connectivity index (χ4n) is 3.98. The van der Waals surface area contributed by atoms with Gasteiger partial charge in [0.05, 0.1) is 11.4 Å². The van der Waals surface area contributed by atoms with Crippen LogP contribution >= 0.6 is 11.6 Å². The standard InChI is InChI=1S/C24H20ClNO/c1-15-13-20-22(14-16(15)2)26-21-6-4-3-5-17(21)9-12-23(26)27-24(20)18-7-10-19(25)11-8-18/h3-14,23-24H,1-2H3/t23-,24+/m0/s1. The summed E-state index contributed by atoms with van der Waals surface area (Å²) in [6, 6.07) is 21.0. The van der Waals surface area contributed by atoms with Gasteiger partial charge in [0.25, 0.3) is 0 Å². The lowest BCUT2D eigenvalue weighted by molar-refractivity contribution is 0.0302. The van der Waals surface area contributed by atoms with Gasteiger partial charge in [0.15, 0.2) is 6.23 Å². The van der Waals surface area contributed by atoms with Crippen molar-refractivity contribution in [1.29, 1.82) is 0 Å². The van der Waals surface area contributed by atoms with Crippen molar-refractivity contribution < 1.29 is 4.74 Å². The van der Waals surface area contributed by atoms with E-state index >= 15 is 0 Å². The Kier molecular flexibility index (Phi) is 3.85. The van der Waals surface area contributed by atoms with Gasteiger partial charge in [0.1, 0.15) is 6.10 Å². The molecule has 27 heavy (non-hydrogen) atoms. The maximum atomic E-state index is 6.59. The van der Waals surface area contributed by atoms with Crippen molar-refractivity contribution >= 4 is 29.1 Å². The molecule has 0 radical (unpaired) electrons. The van der Waals surface area contributed by atoms with E-state index in [1.54, 1.807) is 0 Å². The molecule has 0 saturated heterocycles. The van der Waals surface area contributed by atoms with Crippen molar-refractivity contribution in [2.45, 2.75) is 26.2 Å². The number of rotatable bonds is 1. The quantitative estimate of drug-likeness (QED) is 0.478. The molecule has 0 fully saturated rings. The van der Waals surface area contributed by atoms with E-state index in [0.717, 1.165) is 10.6 Å². The van der Waals surface area contributed by atoms with Gasteiger partial charge in [-0.15, -0.1) is 0 Å². The first-order valence-corrected chi connectivity index (χ1v) is 9.58. The van der Waals surface area contributed by atoms with Crippen LogP contribution in [0, 0.1) is 13.8 Å². The molecule has 0 spiro atoms. The molecule has 5 rings (SSSR count). The Morgan fingerprint density at radius 1 is 0.889 bits per heavy atom.